The summed E-state index contributed by atoms with van der Waals surface area (Å²) in [7, 11) is 0. The zero-order valence-corrected chi connectivity index (χ0v) is 18.8. The van der Waals surface area contributed by atoms with Crippen LogP contribution in [0, 0.1) is 11.8 Å². The SMILES string of the molecule is CCCCCCOc1ccc(C#Cc2ccc(OC(=O)c3ccc(C(F)(F)F)cc3)cc2)cc1. The lowest BCUT2D eigenvalue weighted by Gasteiger charge is -2.08. The number of carbonyl (C=O) groups is 1. The first kappa shape index (κ1) is 24.9. The summed E-state index contributed by atoms with van der Waals surface area (Å²) in [6.45, 7) is 2.89. The van der Waals surface area contributed by atoms with E-state index in [4.69, 9.17) is 9.47 Å². The van der Waals surface area contributed by atoms with Gasteiger partial charge in [-0.25, -0.2) is 4.79 Å². The number of hydrogen-bond donors (Lipinski definition) is 0. The lowest BCUT2D eigenvalue weighted by Crippen LogP contribution is -2.10. The minimum atomic E-state index is -4.46. The zero-order chi connectivity index (χ0) is 24.4. The van der Waals surface area contributed by atoms with Crippen LogP contribution in [0.15, 0.2) is 72.8 Å². The van der Waals surface area contributed by atoms with Gasteiger partial charge in [0.15, 0.2) is 0 Å². The third kappa shape index (κ3) is 7.70. The number of carbonyl (C=O) groups excluding carboxylic acids is 1. The van der Waals surface area contributed by atoms with Gasteiger partial charge in [-0.1, -0.05) is 38.0 Å². The Bertz CT molecular complexity index is 1120. The molecule has 3 rings (SSSR count). The van der Waals surface area contributed by atoms with Crippen LogP contribution in [0.3, 0.4) is 0 Å². The second-order valence-corrected chi connectivity index (χ2v) is 7.67. The first-order chi connectivity index (χ1) is 16.3. The predicted molar refractivity (Wildman–Crippen MR) is 125 cm³/mol. The van der Waals surface area contributed by atoms with Gasteiger partial charge < -0.3 is 9.47 Å². The molecule has 176 valence electrons. The molecule has 0 heterocycles. The topological polar surface area (TPSA) is 35.5 Å². The Morgan fingerprint density at radius 3 is 1.85 bits per heavy atom. The van der Waals surface area contributed by atoms with Crippen LogP contribution in [0.4, 0.5) is 13.2 Å². The molecule has 0 saturated heterocycles. The molecule has 0 spiro atoms. The maximum Gasteiger partial charge on any atom is 0.416 e. The largest absolute Gasteiger partial charge is 0.494 e. The van der Waals surface area contributed by atoms with Crippen molar-refractivity contribution < 1.29 is 27.4 Å². The van der Waals surface area contributed by atoms with Gasteiger partial charge in [0.25, 0.3) is 0 Å². The Morgan fingerprint density at radius 1 is 0.765 bits per heavy atom. The Hall–Kier alpha value is -3.72. The van der Waals surface area contributed by atoms with E-state index in [9.17, 15) is 18.0 Å². The van der Waals surface area contributed by atoms with E-state index in [1.807, 2.05) is 24.3 Å². The molecule has 0 N–H and O–H groups in total. The van der Waals surface area contributed by atoms with Crippen LogP contribution >= 0.6 is 0 Å². The first-order valence-corrected chi connectivity index (χ1v) is 11.1. The molecule has 34 heavy (non-hydrogen) atoms. The van der Waals surface area contributed by atoms with Crippen molar-refractivity contribution in [3.05, 3.63) is 95.1 Å². The van der Waals surface area contributed by atoms with E-state index in [0.717, 1.165) is 47.6 Å². The van der Waals surface area contributed by atoms with Crippen molar-refractivity contribution in [1.82, 2.24) is 0 Å². The van der Waals surface area contributed by atoms with Crippen molar-refractivity contribution >= 4 is 5.97 Å². The molecule has 0 unspecified atom stereocenters. The van der Waals surface area contributed by atoms with Gasteiger partial charge in [-0.2, -0.15) is 13.2 Å². The Kier molecular flexibility index (Phi) is 8.75. The fraction of sp³-hybridized carbons (Fsp3) is 0.250. The van der Waals surface area contributed by atoms with Crippen LogP contribution in [-0.2, 0) is 6.18 Å². The highest BCUT2D eigenvalue weighted by Crippen LogP contribution is 2.29. The number of unbranched alkanes of at least 4 members (excludes halogenated alkanes) is 3. The summed E-state index contributed by atoms with van der Waals surface area (Å²) < 4.78 is 48.9. The van der Waals surface area contributed by atoms with E-state index in [0.29, 0.717) is 6.61 Å². The summed E-state index contributed by atoms with van der Waals surface area (Å²) in [5, 5.41) is 0. The van der Waals surface area contributed by atoms with Crippen LogP contribution in [0.2, 0.25) is 0 Å². The molecule has 0 aliphatic carbocycles. The second-order valence-electron chi connectivity index (χ2n) is 7.67. The van der Waals surface area contributed by atoms with Gasteiger partial charge in [0.1, 0.15) is 11.5 Å². The van der Waals surface area contributed by atoms with Crippen LogP contribution in [-0.4, -0.2) is 12.6 Å². The highest BCUT2D eigenvalue weighted by Gasteiger charge is 2.30. The molecule has 0 bridgehead atoms. The van der Waals surface area contributed by atoms with Gasteiger partial charge in [-0.05, 0) is 79.2 Å². The highest BCUT2D eigenvalue weighted by molar-refractivity contribution is 5.91. The summed E-state index contributed by atoms with van der Waals surface area (Å²) in [6.07, 6.45) is 0.186. The van der Waals surface area contributed by atoms with Crippen molar-refractivity contribution in [3.63, 3.8) is 0 Å². The fourth-order valence-corrected chi connectivity index (χ4v) is 3.07. The predicted octanol–water partition coefficient (Wildman–Crippen LogP) is 7.28. The van der Waals surface area contributed by atoms with Crippen molar-refractivity contribution in [2.75, 3.05) is 6.61 Å². The van der Waals surface area contributed by atoms with E-state index in [2.05, 4.69) is 18.8 Å². The maximum absolute atomic E-state index is 12.6. The van der Waals surface area contributed by atoms with Gasteiger partial charge in [0.05, 0.1) is 17.7 Å². The molecule has 0 aliphatic rings. The van der Waals surface area contributed by atoms with E-state index in [1.165, 1.54) is 19.3 Å². The molecule has 0 aliphatic heterocycles. The van der Waals surface area contributed by atoms with E-state index in [-0.39, 0.29) is 11.3 Å². The summed E-state index contributed by atoms with van der Waals surface area (Å²) in [4.78, 5) is 12.2. The number of benzene rings is 3. The monoisotopic (exact) mass is 466 g/mol. The van der Waals surface area contributed by atoms with Crippen molar-refractivity contribution in [2.45, 2.75) is 38.8 Å². The average molecular weight is 466 g/mol. The molecular weight excluding hydrogens is 441 g/mol. The average Bonchev–Trinajstić information content (AvgIpc) is 2.84. The molecule has 0 amide bonds. The number of ether oxygens (including phenoxy) is 2. The minimum absolute atomic E-state index is 0.0326. The third-order valence-electron chi connectivity index (χ3n) is 4.98. The number of alkyl halides is 3. The molecule has 3 nitrogen and oxygen atoms in total. The lowest BCUT2D eigenvalue weighted by atomic mass is 10.1. The minimum Gasteiger partial charge on any atom is -0.494 e. The van der Waals surface area contributed by atoms with E-state index in [1.54, 1.807) is 24.3 Å². The van der Waals surface area contributed by atoms with Gasteiger partial charge in [-0.15, -0.1) is 0 Å². The summed E-state index contributed by atoms with van der Waals surface area (Å²) in [5.74, 6) is 6.47. The Labute approximate surface area is 197 Å². The van der Waals surface area contributed by atoms with Gasteiger partial charge in [0, 0.05) is 11.1 Å². The fourth-order valence-electron chi connectivity index (χ4n) is 3.07. The Morgan fingerprint density at radius 2 is 1.32 bits per heavy atom. The molecule has 6 heteroatoms. The van der Waals surface area contributed by atoms with Gasteiger partial charge in [0.2, 0.25) is 0 Å². The first-order valence-electron chi connectivity index (χ1n) is 11.1. The summed E-state index contributed by atoms with van der Waals surface area (Å²) >= 11 is 0. The van der Waals surface area contributed by atoms with Crippen LogP contribution in [0.25, 0.3) is 0 Å². The van der Waals surface area contributed by atoms with Crippen LogP contribution < -0.4 is 9.47 Å². The molecule has 0 aromatic heterocycles. The normalized spacial score (nSPS) is 10.8. The summed E-state index contributed by atoms with van der Waals surface area (Å²) in [5.41, 5.74) is 0.781. The molecule has 3 aromatic carbocycles. The smallest absolute Gasteiger partial charge is 0.416 e. The van der Waals surface area contributed by atoms with E-state index >= 15 is 0 Å². The standard InChI is InChI=1S/C28H25F3O3/c1-2-3-4-5-20-33-25-16-8-21(9-17-25)6-7-22-10-18-26(19-11-22)34-27(32)23-12-14-24(15-13-23)28(29,30)31/h8-19H,2-5,20H2,1H3. The maximum atomic E-state index is 12.6. The molecular formula is C28H25F3O3. The zero-order valence-electron chi connectivity index (χ0n) is 18.8. The van der Waals surface area contributed by atoms with Crippen molar-refractivity contribution in [1.29, 1.82) is 0 Å². The summed E-state index contributed by atoms with van der Waals surface area (Å²) in [6, 6.07) is 18.0. The molecule has 3 aromatic rings. The van der Waals surface area contributed by atoms with Gasteiger partial charge >= 0.3 is 12.1 Å². The molecule has 0 radical (unpaired) electrons. The number of hydrogen-bond acceptors (Lipinski definition) is 3. The number of halogens is 3. The second kappa shape index (κ2) is 11.9. The third-order valence-corrected chi connectivity index (χ3v) is 4.98. The highest BCUT2D eigenvalue weighted by atomic mass is 19.4. The van der Waals surface area contributed by atoms with Crippen LogP contribution in [0.1, 0.15) is 59.7 Å². The lowest BCUT2D eigenvalue weighted by molar-refractivity contribution is -0.137. The molecule has 0 saturated carbocycles. The Balaban J connectivity index is 1.53. The van der Waals surface area contributed by atoms with Crippen molar-refractivity contribution in [3.8, 4) is 23.3 Å². The molecule has 0 atom stereocenters. The number of rotatable bonds is 8. The van der Waals surface area contributed by atoms with Crippen molar-refractivity contribution in [2.24, 2.45) is 0 Å². The molecule has 0 fully saturated rings. The van der Waals surface area contributed by atoms with Gasteiger partial charge in [-0.3, -0.25) is 0 Å². The quantitative estimate of drug-likeness (QED) is 0.151. The van der Waals surface area contributed by atoms with Crippen LogP contribution in [0.5, 0.6) is 11.5 Å². The number of esters is 1. The van der Waals surface area contributed by atoms with E-state index < -0.39 is 17.7 Å².